The molecular formula is C15H24N4O. The van der Waals surface area contributed by atoms with E-state index in [4.69, 9.17) is 0 Å². The van der Waals surface area contributed by atoms with Gasteiger partial charge in [0.25, 0.3) is 0 Å². The first-order valence-electron chi connectivity index (χ1n) is 7.28. The molecule has 1 aliphatic rings. The topological polar surface area (TPSA) is 48.5 Å². The van der Waals surface area contributed by atoms with Gasteiger partial charge in [0.1, 0.15) is 5.82 Å². The van der Waals surface area contributed by atoms with Crippen molar-refractivity contribution in [2.75, 3.05) is 31.1 Å². The predicted octanol–water partition coefficient (Wildman–Crippen LogP) is 1.12. The lowest BCUT2D eigenvalue weighted by Crippen LogP contribution is -2.54. The molecule has 2 rings (SSSR count). The summed E-state index contributed by atoms with van der Waals surface area (Å²) in [5.41, 5.74) is 0. The molecule has 0 spiro atoms. The molecule has 5 nitrogen and oxygen atoms in total. The zero-order valence-electron chi connectivity index (χ0n) is 12.5. The Bertz CT molecular complexity index is 427. The third kappa shape index (κ3) is 3.70. The van der Waals surface area contributed by atoms with Gasteiger partial charge in [-0.05, 0) is 32.9 Å². The van der Waals surface area contributed by atoms with Gasteiger partial charge in [0.15, 0.2) is 0 Å². The lowest BCUT2D eigenvalue weighted by Gasteiger charge is -2.38. The Labute approximate surface area is 121 Å². The third-order valence-electron chi connectivity index (χ3n) is 3.65. The molecule has 1 amide bonds. The fourth-order valence-electron chi connectivity index (χ4n) is 2.45. The first-order valence-corrected chi connectivity index (χ1v) is 7.28. The van der Waals surface area contributed by atoms with Crippen molar-refractivity contribution in [1.29, 1.82) is 0 Å². The molecule has 0 saturated carbocycles. The molecule has 1 atom stereocenters. The molecule has 1 N–H and O–H groups in total. The molecule has 0 aromatic carbocycles. The van der Waals surface area contributed by atoms with Crippen molar-refractivity contribution < 1.29 is 4.79 Å². The van der Waals surface area contributed by atoms with Crippen LogP contribution in [0, 0.1) is 0 Å². The number of anilines is 1. The predicted molar refractivity (Wildman–Crippen MR) is 80.8 cm³/mol. The zero-order chi connectivity index (χ0) is 14.5. The molecule has 2 heterocycles. The minimum absolute atomic E-state index is 0.0664. The Morgan fingerprint density at radius 1 is 1.20 bits per heavy atom. The van der Waals surface area contributed by atoms with E-state index in [1.807, 2.05) is 45.2 Å². The smallest absolute Gasteiger partial charge is 0.237 e. The molecule has 0 radical (unpaired) electrons. The van der Waals surface area contributed by atoms with E-state index < -0.39 is 0 Å². The molecule has 20 heavy (non-hydrogen) atoms. The number of pyridine rings is 1. The number of carbonyl (C=O) groups excluding carboxylic acids is 1. The summed E-state index contributed by atoms with van der Waals surface area (Å²) in [6, 6.07) is 6.10. The van der Waals surface area contributed by atoms with Crippen LogP contribution in [-0.4, -0.2) is 54.1 Å². The van der Waals surface area contributed by atoms with Gasteiger partial charge in [-0.25, -0.2) is 4.98 Å². The Balaban J connectivity index is 1.86. The third-order valence-corrected chi connectivity index (χ3v) is 3.65. The molecule has 5 heteroatoms. The van der Waals surface area contributed by atoms with Gasteiger partial charge in [-0.3, -0.25) is 9.69 Å². The molecule has 0 bridgehead atoms. The monoisotopic (exact) mass is 276 g/mol. The molecule has 1 aliphatic heterocycles. The molecule has 1 aromatic heterocycles. The summed E-state index contributed by atoms with van der Waals surface area (Å²) in [6.07, 6.45) is 1.82. The Kier molecular flexibility index (Phi) is 4.95. The maximum absolute atomic E-state index is 12.0. The number of piperazine rings is 1. The van der Waals surface area contributed by atoms with Crippen LogP contribution in [0.5, 0.6) is 0 Å². The van der Waals surface area contributed by atoms with Gasteiger partial charge in [0.05, 0.1) is 6.04 Å². The van der Waals surface area contributed by atoms with Crippen molar-refractivity contribution in [2.24, 2.45) is 0 Å². The van der Waals surface area contributed by atoms with Gasteiger partial charge in [-0.15, -0.1) is 0 Å². The van der Waals surface area contributed by atoms with Gasteiger partial charge in [-0.1, -0.05) is 6.07 Å². The summed E-state index contributed by atoms with van der Waals surface area (Å²) in [4.78, 5) is 20.9. The highest BCUT2D eigenvalue weighted by atomic mass is 16.2. The number of hydrogen-bond acceptors (Lipinski definition) is 4. The van der Waals surface area contributed by atoms with Gasteiger partial charge < -0.3 is 10.2 Å². The summed E-state index contributed by atoms with van der Waals surface area (Å²) >= 11 is 0. The summed E-state index contributed by atoms with van der Waals surface area (Å²) in [5.74, 6) is 1.14. The molecule has 0 unspecified atom stereocenters. The van der Waals surface area contributed by atoms with Crippen LogP contribution in [0.2, 0.25) is 0 Å². The molecule has 1 saturated heterocycles. The molecule has 0 aliphatic carbocycles. The minimum atomic E-state index is -0.0664. The highest BCUT2D eigenvalue weighted by Crippen LogP contribution is 2.14. The van der Waals surface area contributed by atoms with Crippen molar-refractivity contribution in [3.63, 3.8) is 0 Å². The quantitative estimate of drug-likeness (QED) is 0.895. The summed E-state index contributed by atoms with van der Waals surface area (Å²) in [7, 11) is 0. The number of rotatable bonds is 4. The fourth-order valence-corrected chi connectivity index (χ4v) is 2.45. The maximum atomic E-state index is 12.0. The van der Waals surface area contributed by atoms with Crippen LogP contribution >= 0.6 is 0 Å². The van der Waals surface area contributed by atoms with Gasteiger partial charge in [-0.2, -0.15) is 0 Å². The summed E-state index contributed by atoms with van der Waals surface area (Å²) in [6.45, 7) is 9.57. The van der Waals surface area contributed by atoms with Crippen molar-refractivity contribution in [1.82, 2.24) is 15.2 Å². The van der Waals surface area contributed by atoms with E-state index in [1.165, 1.54) is 0 Å². The number of carbonyl (C=O) groups is 1. The van der Waals surface area contributed by atoms with E-state index in [0.29, 0.717) is 0 Å². The van der Waals surface area contributed by atoms with Crippen LogP contribution in [0.15, 0.2) is 24.4 Å². The fraction of sp³-hybridized carbons (Fsp3) is 0.600. The number of amides is 1. The largest absolute Gasteiger partial charge is 0.354 e. The lowest BCUT2D eigenvalue weighted by atomic mass is 10.2. The van der Waals surface area contributed by atoms with Crippen molar-refractivity contribution in [3.8, 4) is 0 Å². The molecule has 1 aromatic rings. The second-order valence-electron chi connectivity index (χ2n) is 5.55. The van der Waals surface area contributed by atoms with Crippen molar-refractivity contribution >= 4 is 11.7 Å². The second kappa shape index (κ2) is 6.70. The zero-order valence-corrected chi connectivity index (χ0v) is 12.5. The lowest BCUT2D eigenvalue weighted by molar-refractivity contribution is -0.126. The van der Waals surface area contributed by atoms with Crippen LogP contribution in [0.4, 0.5) is 5.82 Å². The Morgan fingerprint density at radius 2 is 1.90 bits per heavy atom. The summed E-state index contributed by atoms with van der Waals surface area (Å²) in [5, 5.41) is 2.98. The van der Waals surface area contributed by atoms with Gasteiger partial charge >= 0.3 is 0 Å². The average molecular weight is 276 g/mol. The van der Waals surface area contributed by atoms with Crippen molar-refractivity contribution in [2.45, 2.75) is 32.9 Å². The first kappa shape index (κ1) is 14.8. The maximum Gasteiger partial charge on any atom is 0.237 e. The number of nitrogens with one attached hydrogen (secondary N) is 1. The number of nitrogens with zero attached hydrogens (tertiary/aromatic N) is 3. The van der Waals surface area contributed by atoms with Crippen LogP contribution in [-0.2, 0) is 4.79 Å². The van der Waals surface area contributed by atoms with E-state index in [-0.39, 0.29) is 18.0 Å². The highest BCUT2D eigenvalue weighted by Gasteiger charge is 2.26. The Hall–Kier alpha value is -1.62. The normalized spacial score (nSPS) is 18.1. The number of aromatic nitrogens is 1. The summed E-state index contributed by atoms with van der Waals surface area (Å²) < 4.78 is 0. The average Bonchev–Trinajstić information content (AvgIpc) is 2.47. The first-order chi connectivity index (χ1) is 9.58. The molecular weight excluding hydrogens is 252 g/mol. The van der Waals surface area contributed by atoms with E-state index in [0.717, 1.165) is 32.0 Å². The molecule has 110 valence electrons. The van der Waals surface area contributed by atoms with Crippen LogP contribution < -0.4 is 10.2 Å². The van der Waals surface area contributed by atoms with Crippen molar-refractivity contribution in [3.05, 3.63) is 24.4 Å². The van der Waals surface area contributed by atoms with Gasteiger partial charge in [0, 0.05) is 38.4 Å². The second-order valence-corrected chi connectivity index (χ2v) is 5.55. The molecule has 1 fully saturated rings. The van der Waals surface area contributed by atoms with E-state index in [1.54, 1.807) is 0 Å². The Morgan fingerprint density at radius 3 is 2.45 bits per heavy atom. The van der Waals surface area contributed by atoms with Gasteiger partial charge in [0.2, 0.25) is 5.91 Å². The highest BCUT2D eigenvalue weighted by molar-refractivity contribution is 5.81. The minimum Gasteiger partial charge on any atom is -0.354 e. The van der Waals surface area contributed by atoms with E-state index in [2.05, 4.69) is 20.1 Å². The van der Waals surface area contributed by atoms with E-state index in [9.17, 15) is 4.79 Å². The number of hydrogen-bond donors (Lipinski definition) is 1. The van der Waals surface area contributed by atoms with E-state index >= 15 is 0 Å². The van der Waals surface area contributed by atoms with Crippen LogP contribution in [0.25, 0.3) is 0 Å². The van der Waals surface area contributed by atoms with Crippen LogP contribution in [0.1, 0.15) is 20.8 Å². The standard InChI is InChI=1S/C15H24N4O/c1-12(2)17-15(20)13(3)18-8-10-19(11-9-18)14-6-4-5-7-16-14/h4-7,12-13H,8-11H2,1-3H3,(H,17,20)/t13-/m1/s1. The van der Waals surface area contributed by atoms with Crippen LogP contribution in [0.3, 0.4) is 0 Å². The SMILES string of the molecule is CC(C)NC(=O)[C@@H](C)N1CCN(c2ccccn2)CC1.